The second kappa shape index (κ2) is 3.47. The molecule has 0 aromatic heterocycles. The summed E-state index contributed by atoms with van der Waals surface area (Å²) in [7, 11) is -0.841. The van der Waals surface area contributed by atoms with Gasteiger partial charge in [0.2, 0.25) is 0 Å². The number of halogens is 1. The molecule has 1 nitrogen and oxygen atoms in total. The molecule has 44 valence electrons. The maximum atomic E-state index is 8.86. The molecule has 0 spiro atoms. The highest BCUT2D eigenvalue weighted by molar-refractivity contribution is 6.58. The van der Waals surface area contributed by atoms with E-state index in [4.69, 9.17) is 16.7 Å². The SMILES string of the molecule is C[SiH](C)C(O)CCl. The standard InChI is InChI=1S/C4H11ClOSi/c1-7(2)4(6)3-5/h4,6-7H,3H2,1-2H3. The van der Waals surface area contributed by atoms with Gasteiger partial charge in [0, 0.05) is 5.88 Å². The molecule has 0 radical (unpaired) electrons. The van der Waals surface area contributed by atoms with E-state index >= 15 is 0 Å². The van der Waals surface area contributed by atoms with Gasteiger partial charge in [0.15, 0.2) is 0 Å². The maximum absolute atomic E-state index is 8.86. The molecule has 0 aliphatic heterocycles. The van der Waals surface area contributed by atoms with Crippen LogP contribution >= 0.6 is 11.6 Å². The Labute approximate surface area is 50.9 Å². The smallest absolute Gasteiger partial charge is 0.0668 e. The molecular formula is C4H11ClOSi. The quantitative estimate of drug-likeness (QED) is 0.438. The number of hydrogen-bond acceptors (Lipinski definition) is 1. The molecule has 0 heterocycles. The van der Waals surface area contributed by atoms with Gasteiger partial charge in [-0.05, 0) is 0 Å². The third kappa shape index (κ3) is 3.09. The van der Waals surface area contributed by atoms with Crippen molar-refractivity contribution in [1.29, 1.82) is 0 Å². The Hall–Kier alpha value is 0.467. The van der Waals surface area contributed by atoms with Crippen molar-refractivity contribution in [3.8, 4) is 0 Å². The van der Waals surface area contributed by atoms with Crippen LogP contribution < -0.4 is 0 Å². The summed E-state index contributed by atoms with van der Waals surface area (Å²) in [6.45, 7) is 4.15. The van der Waals surface area contributed by atoms with Crippen LogP contribution in [-0.2, 0) is 0 Å². The highest BCUT2D eigenvalue weighted by atomic mass is 35.5. The molecule has 0 fully saturated rings. The van der Waals surface area contributed by atoms with Crippen molar-refractivity contribution in [1.82, 2.24) is 0 Å². The Morgan fingerprint density at radius 3 is 2.14 bits per heavy atom. The summed E-state index contributed by atoms with van der Waals surface area (Å²) in [5.74, 6) is 0.407. The molecule has 0 saturated carbocycles. The lowest BCUT2D eigenvalue weighted by atomic mass is 10.9. The van der Waals surface area contributed by atoms with Crippen LogP contribution in [0.3, 0.4) is 0 Å². The average Bonchev–Trinajstić information content (AvgIpc) is 1.65. The second-order valence-electron chi connectivity index (χ2n) is 1.97. The van der Waals surface area contributed by atoms with E-state index in [1.807, 2.05) is 0 Å². The van der Waals surface area contributed by atoms with Crippen LogP contribution in [0.4, 0.5) is 0 Å². The van der Waals surface area contributed by atoms with Crippen LogP contribution in [0.1, 0.15) is 0 Å². The van der Waals surface area contributed by atoms with Crippen molar-refractivity contribution in [3.63, 3.8) is 0 Å². The van der Waals surface area contributed by atoms with E-state index in [9.17, 15) is 0 Å². The summed E-state index contributed by atoms with van der Waals surface area (Å²) in [4.78, 5) is 0. The molecule has 0 aromatic carbocycles. The fourth-order valence-electron chi connectivity index (χ4n) is 0.178. The lowest BCUT2D eigenvalue weighted by Gasteiger charge is -2.06. The molecule has 7 heavy (non-hydrogen) atoms. The molecule has 0 aliphatic rings. The van der Waals surface area contributed by atoms with Gasteiger partial charge in [-0.25, -0.2) is 0 Å². The fraction of sp³-hybridized carbons (Fsp3) is 1.00. The molecule has 1 unspecified atom stereocenters. The molecule has 1 atom stereocenters. The summed E-state index contributed by atoms with van der Waals surface area (Å²) < 4.78 is 0. The van der Waals surface area contributed by atoms with Gasteiger partial charge in [-0.1, -0.05) is 13.1 Å². The first-order chi connectivity index (χ1) is 3.18. The van der Waals surface area contributed by atoms with Crippen LogP contribution in [0.2, 0.25) is 13.1 Å². The summed E-state index contributed by atoms with van der Waals surface area (Å²) in [6, 6.07) is 0. The van der Waals surface area contributed by atoms with Gasteiger partial charge in [0.05, 0.1) is 14.5 Å². The summed E-state index contributed by atoms with van der Waals surface area (Å²) >= 11 is 5.33. The topological polar surface area (TPSA) is 20.2 Å². The van der Waals surface area contributed by atoms with E-state index < -0.39 is 8.80 Å². The van der Waals surface area contributed by atoms with Crippen molar-refractivity contribution < 1.29 is 5.11 Å². The Morgan fingerprint density at radius 1 is 1.71 bits per heavy atom. The first-order valence-electron chi connectivity index (χ1n) is 2.42. The molecule has 0 aliphatic carbocycles. The predicted octanol–water partition coefficient (Wildman–Crippen LogP) is 0.612. The average molecular weight is 139 g/mol. The zero-order valence-corrected chi connectivity index (χ0v) is 6.60. The highest BCUT2D eigenvalue weighted by Crippen LogP contribution is 1.92. The monoisotopic (exact) mass is 138 g/mol. The predicted molar refractivity (Wildman–Crippen MR) is 35.6 cm³/mol. The van der Waals surface area contributed by atoms with Crippen molar-refractivity contribution in [2.75, 3.05) is 5.88 Å². The van der Waals surface area contributed by atoms with Gasteiger partial charge < -0.3 is 5.11 Å². The first kappa shape index (κ1) is 7.47. The van der Waals surface area contributed by atoms with Gasteiger partial charge in [0.1, 0.15) is 0 Å². The Kier molecular flexibility index (Phi) is 3.70. The van der Waals surface area contributed by atoms with Crippen LogP contribution in [0, 0.1) is 0 Å². The van der Waals surface area contributed by atoms with E-state index in [-0.39, 0.29) is 5.73 Å². The normalized spacial score (nSPS) is 15.0. The van der Waals surface area contributed by atoms with Crippen molar-refractivity contribution in [3.05, 3.63) is 0 Å². The molecule has 0 rings (SSSR count). The van der Waals surface area contributed by atoms with E-state index in [0.29, 0.717) is 5.88 Å². The maximum Gasteiger partial charge on any atom is 0.0668 e. The summed E-state index contributed by atoms with van der Waals surface area (Å²) in [5.41, 5.74) is -0.193. The summed E-state index contributed by atoms with van der Waals surface area (Å²) in [5, 5.41) is 8.86. The number of aliphatic hydroxyl groups excluding tert-OH is 1. The second-order valence-corrected chi connectivity index (χ2v) is 5.53. The van der Waals surface area contributed by atoms with Gasteiger partial charge in [0.25, 0.3) is 0 Å². The number of rotatable bonds is 2. The van der Waals surface area contributed by atoms with Crippen LogP contribution in [0.25, 0.3) is 0 Å². The van der Waals surface area contributed by atoms with Gasteiger partial charge in [-0.15, -0.1) is 11.6 Å². The number of hydrogen-bond donors (Lipinski definition) is 1. The van der Waals surface area contributed by atoms with Crippen LogP contribution in [-0.4, -0.2) is 25.5 Å². The fourth-order valence-corrected chi connectivity index (χ4v) is 1.60. The Bertz CT molecular complexity index is 49.0. The minimum atomic E-state index is -0.841. The number of alkyl halides is 1. The highest BCUT2D eigenvalue weighted by Gasteiger charge is 2.06. The third-order valence-corrected chi connectivity index (χ3v) is 3.32. The Morgan fingerprint density at radius 2 is 2.14 bits per heavy atom. The zero-order chi connectivity index (χ0) is 5.86. The van der Waals surface area contributed by atoms with E-state index in [2.05, 4.69) is 13.1 Å². The lowest BCUT2D eigenvalue weighted by molar-refractivity contribution is 0.272. The van der Waals surface area contributed by atoms with Crippen molar-refractivity contribution in [2.45, 2.75) is 18.8 Å². The third-order valence-electron chi connectivity index (χ3n) is 0.928. The molecule has 0 amide bonds. The largest absolute Gasteiger partial charge is 0.396 e. The zero-order valence-electron chi connectivity index (χ0n) is 4.69. The lowest BCUT2D eigenvalue weighted by Crippen LogP contribution is -2.25. The van der Waals surface area contributed by atoms with E-state index in [1.54, 1.807) is 0 Å². The molecule has 0 bridgehead atoms. The minimum Gasteiger partial charge on any atom is -0.396 e. The van der Waals surface area contributed by atoms with E-state index in [0.717, 1.165) is 0 Å². The summed E-state index contributed by atoms with van der Waals surface area (Å²) in [6.07, 6.45) is 0. The molecule has 0 aromatic rings. The van der Waals surface area contributed by atoms with Gasteiger partial charge >= 0.3 is 0 Å². The first-order valence-corrected chi connectivity index (χ1v) is 5.93. The van der Waals surface area contributed by atoms with Gasteiger partial charge in [-0.3, -0.25) is 0 Å². The van der Waals surface area contributed by atoms with Crippen LogP contribution in [0.15, 0.2) is 0 Å². The minimum absolute atomic E-state index is 0.193. The molecule has 3 heteroatoms. The molecular weight excluding hydrogens is 128 g/mol. The number of aliphatic hydroxyl groups is 1. The molecule has 0 saturated heterocycles. The molecule has 1 N–H and O–H groups in total. The Balaban J connectivity index is 3.14. The van der Waals surface area contributed by atoms with Crippen molar-refractivity contribution in [2.24, 2.45) is 0 Å². The van der Waals surface area contributed by atoms with Crippen LogP contribution in [0.5, 0.6) is 0 Å². The van der Waals surface area contributed by atoms with E-state index in [1.165, 1.54) is 0 Å². The van der Waals surface area contributed by atoms with Gasteiger partial charge in [-0.2, -0.15) is 0 Å². The van der Waals surface area contributed by atoms with Crippen molar-refractivity contribution >= 4 is 20.4 Å².